The van der Waals surface area contributed by atoms with Crippen molar-refractivity contribution < 1.29 is 4.79 Å². The van der Waals surface area contributed by atoms with E-state index < -0.39 is 0 Å². The highest BCUT2D eigenvalue weighted by molar-refractivity contribution is 7.13. The summed E-state index contributed by atoms with van der Waals surface area (Å²) in [5, 5.41) is 2.82. The molecule has 1 aromatic carbocycles. The first-order valence-electron chi connectivity index (χ1n) is 6.40. The molecule has 106 valence electrons. The zero-order chi connectivity index (χ0) is 14.5. The molecule has 0 fully saturated rings. The van der Waals surface area contributed by atoms with Gasteiger partial charge in [0.25, 0.3) is 0 Å². The van der Waals surface area contributed by atoms with Crippen LogP contribution in [0, 0.1) is 0 Å². The predicted molar refractivity (Wildman–Crippen MR) is 82.6 cm³/mol. The third kappa shape index (κ3) is 3.71. The van der Waals surface area contributed by atoms with E-state index in [1.54, 1.807) is 0 Å². The molecule has 0 aliphatic heterocycles. The van der Waals surface area contributed by atoms with E-state index >= 15 is 0 Å². The molecule has 4 N–H and O–H groups in total. The van der Waals surface area contributed by atoms with Crippen LogP contribution in [0.1, 0.15) is 18.2 Å². The molecule has 0 unspecified atom stereocenters. The lowest BCUT2D eigenvalue weighted by Gasteiger charge is -2.20. The SMILES string of the molecule is CCc1csc(N(CC(N)=O)Cc2ccc(N)cc2)n1. The van der Waals surface area contributed by atoms with Gasteiger partial charge in [-0.05, 0) is 24.1 Å². The van der Waals surface area contributed by atoms with Crippen molar-refractivity contribution in [2.75, 3.05) is 17.2 Å². The molecule has 0 aliphatic rings. The lowest BCUT2D eigenvalue weighted by molar-refractivity contribution is -0.116. The maximum absolute atomic E-state index is 11.2. The van der Waals surface area contributed by atoms with Gasteiger partial charge in [0, 0.05) is 17.6 Å². The average molecular weight is 290 g/mol. The van der Waals surface area contributed by atoms with Crippen molar-refractivity contribution in [1.82, 2.24) is 4.98 Å². The Morgan fingerprint density at radius 1 is 1.35 bits per heavy atom. The number of carbonyl (C=O) groups is 1. The fraction of sp³-hybridized carbons (Fsp3) is 0.286. The average Bonchev–Trinajstić information content (AvgIpc) is 2.89. The minimum atomic E-state index is -0.367. The lowest BCUT2D eigenvalue weighted by atomic mass is 10.2. The van der Waals surface area contributed by atoms with Crippen molar-refractivity contribution in [3.8, 4) is 0 Å². The third-order valence-corrected chi connectivity index (χ3v) is 3.82. The van der Waals surface area contributed by atoms with Gasteiger partial charge in [0.05, 0.1) is 12.2 Å². The van der Waals surface area contributed by atoms with Crippen molar-refractivity contribution >= 4 is 28.1 Å². The summed E-state index contributed by atoms with van der Waals surface area (Å²) < 4.78 is 0. The van der Waals surface area contributed by atoms with Gasteiger partial charge in [-0.25, -0.2) is 4.98 Å². The van der Waals surface area contributed by atoms with Crippen molar-refractivity contribution in [3.05, 3.63) is 40.9 Å². The van der Waals surface area contributed by atoms with Crippen LogP contribution in [0.3, 0.4) is 0 Å². The number of aryl methyl sites for hydroxylation is 1. The number of anilines is 2. The molecule has 20 heavy (non-hydrogen) atoms. The lowest BCUT2D eigenvalue weighted by Crippen LogP contribution is -2.33. The minimum absolute atomic E-state index is 0.154. The van der Waals surface area contributed by atoms with Gasteiger partial charge in [0.2, 0.25) is 5.91 Å². The summed E-state index contributed by atoms with van der Waals surface area (Å²) in [4.78, 5) is 17.6. The summed E-state index contributed by atoms with van der Waals surface area (Å²) in [7, 11) is 0. The van der Waals surface area contributed by atoms with Crippen LogP contribution < -0.4 is 16.4 Å². The summed E-state index contributed by atoms with van der Waals surface area (Å²) >= 11 is 1.53. The topological polar surface area (TPSA) is 85.2 Å². The molecule has 2 rings (SSSR count). The molecule has 0 radical (unpaired) electrons. The Hall–Kier alpha value is -2.08. The van der Waals surface area contributed by atoms with Gasteiger partial charge in [0.15, 0.2) is 5.13 Å². The first-order chi connectivity index (χ1) is 9.58. The maximum Gasteiger partial charge on any atom is 0.237 e. The molecule has 0 atom stereocenters. The van der Waals surface area contributed by atoms with E-state index in [0.717, 1.165) is 28.5 Å². The summed E-state index contributed by atoms with van der Waals surface area (Å²) in [5.41, 5.74) is 13.8. The highest BCUT2D eigenvalue weighted by Crippen LogP contribution is 2.22. The number of nitrogens with zero attached hydrogens (tertiary/aromatic N) is 2. The van der Waals surface area contributed by atoms with Gasteiger partial charge in [-0.3, -0.25) is 4.79 Å². The number of benzene rings is 1. The second kappa shape index (κ2) is 6.38. The quantitative estimate of drug-likeness (QED) is 0.794. The first kappa shape index (κ1) is 14.3. The Labute approximate surface area is 122 Å². The van der Waals surface area contributed by atoms with Crippen LogP contribution in [0.4, 0.5) is 10.8 Å². The fourth-order valence-electron chi connectivity index (χ4n) is 1.83. The van der Waals surface area contributed by atoms with Gasteiger partial charge in [-0.2, -0.15) is 0 Å². The number of primary amides is 1. The van der Waals surface area contributed by atoms with Crippen LogP contribution in [0.15, 0.2) is 29.6 Å². The fourth-order valence-corrected chi connectivity index (χ4v) is 2.74. The summed E-state index contributed by atoms with van der Waals surface area (Å²) in [6.45, 7) is 2.79. The Morgan fingerprint density at radius 3 is 2.60 bits per heavy atom. The summed E-state index contributed by atoms with van der Waals surface area (Å²) in [5.74, 6) is -0.367. The number of aromatic nitrogens is 1. The van der Waals surface area contributed by atoms with Gasteiger partial charge in [0.1, 0.15) is 0 Å². The number of hydrogen-bond acceptors (Lipinski definition) is 5. The standard InChI is InChI=1S/C14H18N4OS/c1-2-12-9-20-14(17-12)18(8-13(16)19)7-10-3-5-11(15)6-4-10/h3-6,9H,2,7-8,15H2,1H3,(H2,16,19). The van der Waals surface area contributed by atoms with E-state index in [2.05, 4.69) is 11.9 Å². The zero-order valence-corrected chi connectivity index (χ0v) is 12.2. The van der Waals surface area contributed by atoms with E-state index in [-0.39, 0.29) is 12.5 Å². The Balaban J connectivity index is 2.18. The molecule has 2 aromatic rings. The molecule has 1 heterocycles. The molecule has 6 heteroatoms. The molecule has 0 saturated heterocycles. The predicted octanol–water partition coefficient (Wildman–Crippen LogP) is 1.78. The van der Waals surface area contributed by atoms with E-state index in [1.807, 2.05) is 34.5 Å². The van der Waals surface area contributed by atoms with Gasteiger partial charge < -0.3 is 16.4 Å². The molecule has 0 saturated carbocycles. The van der Waals surface area contributed by atoms with E-state index in [0.29, 0.717) is 6.54 Å². The molecule has 0 spiro atoms. The van der Waals surface area contributed by atoms with Crippen molar-refractivity contribution in [3.63, 3.8) is 0 Å². The largest absolute Gasteiger partial charge is 0.399 e. The Morgan fingerprint density at radius 2 is 2.05 bits per heavy atom. The van der Waals surface area contributed by atoms with Crippen molar-refractivity contribution in [1.29, 1.82) is 0 Å². The molecular weight excluding hydrogens is 272 g/mol. The Bertz CT molecular complexity index is 579. The van der Waals surface area contributed by atoms with E-state index in [9.17, 15) is 4.79 Å². The number of rotatable bonds is 6. The number of amides is 1. The second-order valence-corrected chi connectivity index (χ2v) is 5.38. The maximum atomic E-state index is 11.2. The van der Waals surface area contributed by atoms with Crippen LogP contribution in [0.5, 0.6) is 0 Å². The highest BCUT2D eigenvalue weighted by atomic mass is 32.1. The van der Waals surface area contributed by atoms with Crippen LogP contribution in [0.25, 0.3) is 0 Å². The van der Waals surface area contributed by atoms with Crippen molar-refractivity contribution in [2.45, 2.75) is 19.9 Å². The molecule has 5 nitrogen and oxygen atoms in total. The van der Waals surface area contributed by atoms with Crippen LogP contribution in [-0.4, -0.2) is 17.4 Å². The number of hydrogen-bond donors (Lipinski definition) is 2. The van der Waals surface area contributed by atoms with Crippen LogP contribution in [-0.2, 0) is 17.8 Å². The molecule has 1 amide bonds. The van der Waals surface area contributed by atoms with Crippen LogP contribution >= 0.6 is 11.3 Å². The summed E-state index contributed by atoms with van der Waals surface area (Å²) in [6, 6.07) is 7.57. The molecule has 0 bridgehead atoms. The Kier molecular flexibility index (Phi) is 4.57. The first-order valence-corrected chi connectivity index (χ1v) is 7.28. The minimum Gasteiger partial charge on any atom is -0.399 e. The van der Waals surface area contributed by atoms with E-state index in [1.165, 1.54) is 11.3 Å². The molecule has 0 aliphatic carbocycles. The van der Waals surface area contributed by atoms with E-state index in [4.69, 9.17) is 11.5 Å². The number of nitrogen functional groups attached to an aromatic ring is 1. The normalized spacial score (nSPS) is 10.4. The zero-order valence-electron chi connectivity index (χ0n) is 11.4. The number of nitrogens with two attached hydrogens (primary N) is 2. The van der Waals surface area contributed by atoms with Gasteiger partial charge in [-0.15, -0.1) is 11.3 Å². The highest BCUT2D eigenvalue weighted by Gasteiger charge is 2.14. The third-order valence-electron chi connectivity index (χ3n) is 2.87. The van der Waals surface area contributed by atoms with Gasteiger partial charge >= 0.3 is 0 Å². The monoisotopic (exact) mass is 290 g/mol. The number of carbonyl (C=O) groups excluding carboxylic acids is 1. The number of thiazole rings is 1. The molecule has 1 aromatic heterocycles. The van der Waals surface area contributed by atoms with Crippen molar-refractivity contribution in [2.24, 2.45) is 5.73 Å². The van der Waals surface area contributed by atoms with Crippen LogP contribution in [0.2, 0.25) is 0 Å². The smallest absolute Gasteiger partial charge is 0.237 e. The summed E-state index contributed by atoms with van der Waals surface area (Å²) in [6.07, 6.45) is 0.878. The molecular formula is C14H18N4OS. The second-order valence-electron chi connectivity index (χ2n) is 4.54. The van der Waals surface area contributed by atoms with Gasteiger partial charge in [-0.1, -0.05) is 19.1 Å².